The number of nitrogens with two attached hydrogens (primary N) is 1. The van der Waals surface area contributed by atoms with E-state index in [4.69, 9.17) is 5.73 Å². The summed E-state index contributed by atoms with van der Waals surface area (Å²) >= 11 is 0. The van der Waals surface area contributed by atoms with Gasteiger partial charge in [-0.05, 0) is 31.9 Å². The molecule has 2 N–H and O–H groups in total. The second kappa shape index (κ2) is 7.00. The molecular weight excluding hydrogens is 232 g/mol. The highest BCUT2D eigenvalue weighted by Crippen LogP contribution is 2.19. The molecule has 0 aromatic heterocycles. The number of hydrogen-bond acceptors (Lipinski definition) is 2. The number of likely N-dealkylation sites (tertiary alicyclic amines) is 1. The maximum absolute atomic E-state index is 5.84. The van der Waals surface area contributed by atoms with Crippen LogP contribution in [0, 0.1) is 6.92 Å². The second-order valence-electron chi connectivity index (χ2n) is 4.84. The predicted molar refractivity (Wildman–Crippen MR) is 75.5 cm³/mol. The Balaban J connectivity index is 0.00000144. The molecule has 0 aliphatic carbocycles. The predicted octanol–water partition coefficient (Wildman–Crippen LogP) is 2.73. The molecule has 1 aromatic rings. The maximum atomic E-state index is 5.84. The van der Waals surface area contributed by atoms with E-state index in [2.05, 4.69) is 36.1 Å². The number of aryl methyl sites for hydroxylation is 1. The molecule has 0 bridgehead atoms. The van der Waals surface area contributed by atoms with Gasteiger partial charge < -0.3 is 5.73 Å². The zero-order valence-electron chi connectivity index (χ0n) is 10.6. The van der Waals surface area contributed by atoms with Crippen molar-refractivity contribution in [2.45, 2.75) is 38.8 Å². The van der Waals surface area contributed by atoms with Gasteiger partial charge in [-0.25, -0.2) is 0 Å². The number of halogens is 1. The van der Waals surface area contributed by atoms with Gasteiger partial charge in [0.15, 0.2) is 0 Å². The Kier molecular flexibility index (Phi) is 5.96. The van der Waals surface area contributed by atoms with E-state index in [9.17, 15) is 0 Å². The van der Waals surface area contributed by atoms with Crippen LogP contribution in [0.4, 0.5) is 0 Å². The average Bonchev–Trinajstić information content (AvgIpc) is 2.30. The number of piperidine rings is 1. The SMILES string of the molecule is Cc1cccc(CN2CCCCC2CN)c1.Cl. The molecule has 17 heavy (non-hydrogen) atoms. The van der Waals surface area contributed by atoms with Crippen molar-refractivity contribution >= 4 is 12.4 Å². The Bertz CT molecular complexity index is 341. The molecule has 1 atom stereocenters. The molecule has 1 aromatic carbocycles. The van der Waals surface area contributed by atoms with Crippen LogP contribution in [0.15, 0.2) is 24.3 Å². The van der Waals surface area contributed by atoms with E-state index < -0.39 is 0 Å². The van der Waals surface area contributed by atoms with Crippen molar-refractivity contribution in [3.8, 4) is 0 Å². The molecule has 2 nitrogen and oxygen atoms in total. The number of nitrogens with zero attached hydrogens (tertiary/aromatic N) is 1. The largest absolute Gasteiger partial charge is 0.329 e. The Morgan fingerprint density at radius 2 is 2.18 bits per heavy atom. The van der Waals surface area contributed by atoms with Gasteiger partial charge in [0.25, 0.3) is 0 Å². The van der Waals surface area contributed by atoms with Gasteiger partial charge in [-0.1, -0.05) is 36.2 Å². The summed E-state index contributed by atoms with van der Waals surface area (Å²) in [6.07, 6.45) is 3.93. The van der Waals surface area contributed by atoms with Crippen LogP contribution in [0.25, 0.3) is 0 Å². The fourth-order valence-electron chi connectivity index (χ4n) is 2.58. The van der Waals surface area contributed by atoms with Crippen molar-refractivity contribution in [2.24, 2.45) is 5.73 Å². The molecule has 3 heteroatoms. The molecule has 1 aliphatic rings. The van der Waals surface area contributed by atoms with Gasteiger partial charge in [-0.15, -0.1) is 12.4 Å². The van der Waals surface area contributed by atoms with Crippen molar-refractivity contribution in [3.05, 3.63) is 35.4 Å². The second-order valence-corrected chi connectivity index (χ2v) is 4.84. The van der Waals surface area contributed by atoms with Crippen LogP contribution in [0.2, 0.25) is 0 Å². The van der Waals surface area contributed by atoms with Crippen LogP contribution in [-0.4, -0.2) is 24.0 Å². The Labute approximate surface area is 111 Å². The van der Waals surface area contributed by atoms with Gasteiger partial charge in [-0.2, -0.15) is 0 Å². The molecular formula is C14H23ClN2. The van der Waals surface area contributed by atoms with Crippen LogP contribution in [-0.2, 0) is 6.54 Å². The van der Waals surface area contributed by atoms with E-state index in [0.717, 1.165) is 13.1 Å². The first kappa shape index (κ1) is 14.5. The van der Waals surface area contributed by atoms with Gasteiger partial charge in [0.2, 0.25) is 0 Å². The van der Waals surface area contributed by atoms with Gasteiger partial charge in [-0.3, -0.25) is 4.90 Å². The van der Waals surface area contributed by atoms with Gasteiger partial charge in [0.1, 0.15) is 0 Å². The minimum Gasteiger partial charge on any atom is -0.329 e. The highest BCUT2D eigenvalue weighted by molar-refractivity contribution is 5.85. The minimum absolute atomic E-state index is 0. The highest BCUT2D eigenvalue weighted by atomic mass is 35.5. The third-order valence-corrected chi connectivity index (χ3v) is 3.49. The van der Waals surface area contributed by atoms with Crippen molar-refractivity contribution in [2.75, 3.05) is 13.1 Å². The minimum atomic E-state index is 0. The van der Waals surface area contributed by atoms with E-state index in [-0.39, 0.29) is 12.4 Å². The smallest absolute Gasteiger partial charge is 0.0237 e. The van der Waals surface area contributed by atoms with E-state index in [0.29, 0.717) is 6.04 Å². The highest BCUT2D eigenvalue weighted by Gasteiger charge is 2.20. The van der Waals surface area contributed by atoms with Crippen molar-refractivity contribution in [3.63, 3.8) is 0 Å². The fraction of sp³-hybridized carbons (Fsp3) is 0.571. The molecule has 1 saturated heterocycles. The number of benzene rings is 1. The Hall–Kier alpha value is -0.570. The fourth-order valence-corrected chi connectivity index (χ4v) is 2.58. The molecule has 0 saturated carbocycles. The first-order valence-corrected chi connectivity index (χ1v) is 6.29. The van der Waals surface area contributed by atoms with Crippen LogP contribution in [0.5, 0.6) is 0 Å². The monoisotopic (exact) mass is 254 g/mol. The van der Waals surface area contributed by atoms with E-state index in [1.807, 2.05) is 0 Å². The van der Waals surface area contributed by atoms with Crippen LogP contribution in [0.1, 0.15) is 30.4 Å². The van der Waals surface area contributed by atoms with Gasteiger partial charge in [0.05, 0.1) is 0 Å². The van der Waals surface area contributed by atoms with E-state index in [1.165, 1.54) is 36.9 Å². The van der Waals surface area contributed by atoms with E-state index in [1.54, 1.807) is 0 Å². The van der Waals surface area contributed by atoms with Gasteiger partial charge >= 0.3 is 0 Å². The maximum Gasteiger partial charge on any atom is 0.0237 e. The summed E-state index contributed by atoms with van der Waals surface area (Å²) < 4.78 is 0. The summed E-state index contributed by atoms with van der Waals surface area (Å²) in [6, 6.07) is 9.39. The standard InChI is InChI=1S/C14H22N2.ClH/c1-12-5-4-6-13(9-12)11-16-8-3-2-7-14(16)10-15;/h4-6,9,14H,2-3,7-8,10-11,15H2,1H3;1H. The summed E-state index contributed by atoms with van der Waals surface area (Å²) in [5.74, 6) is 0. The van der Waals surface area contributed by atoms with E-state index >= 15 is 0 Å². The van der Waals surface area contributed by atoms with Gasteiger partial charge in [0, 0.05) is 19.1 Å². The summed E-state index contributed by atoms with van der Waals surface area (Å²) in [4.78, 5) is 2.54. The zero-order chi connectivity index (χ0) is 11.4. The molecule has 2 rings (SSSR count). The molecule has 0 radical (unpaired) electrons. The molecule has 0 spiro atoms. The lowest BCUT2D eigenvalue weighted by atomic mass is 10.0. The Morgan fingerprint density at radius 1 is 1.35 bits per heavy atom. The molecule has 1 heterocycles. The topological polar surface area (TPSA) is 29.3 Å². The number of hydrogen-bond donors (Lipinski definition) is 1. The molecule has 1 fully saturated rings. The third-order valence-electron chi connectivity index (χ3n) is 3.49. The van der Waals surface area contributed by atoms with Crippen molar-refractivity contribution < 1.29 is 0 Å². The first-order valence-electron chi connectivity index (χ1n) is 6.29. The van der Waals surface area contributed by atoms with Crippen LogP contribution in [0.3, 0.4) is 0 Å². The average molecular weight is 255 g/mol. The van der Waals surface area contributed by atoms with Crippen LogP contribution >= 0.6 is 12.4 Å². The molecule has 1 unspecified atom stereocenters. The lowest BCUT2D eigenvalue weighted by Gasteiger charge is -2.35. The molecule has 96 valence electrons. The van der Waals surface area contributed by atoms with Crippen molar-refractivity contribution in [1.29, 1.82) is 0 Å². The molecule has 1 aliphatic heterocycles. The summed E-state index contributed by atoms with van der Waals surface area (Å²) in [5, 5.41) is 0. The zero-order valence-corrected chi connectivity index (χ0v) is 11.4. The third kappa shape index (κ3) is 3.98. The summed E-state index contributed by atoms with van der Waals surface area (Å²) in [6.45, 7) is 5.21. The normalized spacial score (nSPS) is 20.9. The quantitative estimate of drug-likeness (QED) is 0.899. The lowest BCUT2D eigenvalue weighted by molar-refractivity contribution is 0.145. The Morgan fingerprint density at radius 3 is 2.88 bits per heavy atom. The molecule has 0 amide bonds. The first-order chi connectivity index (χ1) is 7.79. The van der Waals surface area contributed by atoms with Crippen LogP contribution < -0.4 is 5.73 Å². The van der Waals surface area contributed by atoms with Crippen molar-refractivity contribution in [1.82, 2.24) is 4.90 Å². The summed E-state index contributed by atoms with van der Waals surface area (Å²) in [7, 11) is 0. The number of rotatable bonds is 3. The summed E-state index contributed by atoms with van der Waals surface area (Å²) in [5.41, 5.74) is 8.60. The lowest BCUT2D eigenvalue weighted by Crippen LogP contribution is -2.43.